The van der Waals surface area contributed by atoms with Crippen LogP contribution in [0.4, 0.5) is 5.69 Å². The molecule has 2 bridgehead atoms. The minimum atomic E-state index is -0.462. The molecule has 3 atom stereocenters. The number of hydrogen-bond acceptors (Lipinski definition) is 4. The van der Waals surface area contributed by atoms with Crippen molar-refractivity contribution < 1.29 is 14.3 Å². The van der Waals surface area contributed by atoms with E-state index in [0.717, 1.165) is 12.8 Å². The van der Waals surface area contributed by atoms with Gasteiger partial charge in [-0.05, 0) is 30.7 Å². The number of carbonyl (C=O) groups excluding carboxylic acids is 2. The molecule has 1 fully saturated rings. The zero-order chi connectivity index (χ0) is 14.1. The number of methoxy groups -OCH3 is 1. The number of nitrogens with zero attached hydrogens (tertiary/aromatic N) is 1. The first-order valence-electron chi connectivity index (χ1n) is 6.70. The van der Waals surface area contributed by atoms with E-state index in [9.17, 15) is 9.59 Å². The van der Waals surface area contributed by atoms with Crippen LogP contribution in [0.25, 0.3) is 0 Å². The Balaban J connectivity index is 1.70. The standard InChI is InChI=1S/C15H16N2O3/c1-20-15(19)11-6-12(8-16-7-11)17-14(18)13-5-9-2-3-10(13)4-9/h2-3,6-10,13H,4-5H2,1H3,(H,17,18)/t9-,10-,13-/m0/s1. The normalized spacial score (nSPS) is 26.6. The van der Waals surface area contributed by atoms with Gasteiger partial charge in [0.05, 0.1) is 24.6 Å². The van der Waals surface area contributed by atoms with Gasteiger partial charge in [-0.15, -0.1) is 0 Å². The number of pyridine rings is 1. The Labute approximate surface area is 117 Å². The second-order valence-corrected chi connectivity index (χ2v) is 5.33. The first-order chi connectivity index (χ1) is 9.67. The van der Waals surface area contributed by atoms with Gasteiger partial charge in [0, 0.05) is 12.1 Å². The minimum Gasteiger partial charge on any atom is -0.465 e. The van der Waals surface area contributed by atoms with Crippen LogP contribution in [0.15, 0.2) is 30.6 Å². The van der Waals surface area contributed by atoms with Crippen molar-refractivity contribution in [3.63, 3.8) is 0 Å². The summed E-state index contributed by atoms with van der Waals surface area (Å²) in [5, 5.41) is 2.84. The molecule has 0 radical (unpaired) electrons. The molecule has 1 N–H and O–H groups in total. The van der Waals surface area contributed by atoms with Gasteiger partial charge in [0.15, 0.2) is 0 Å². The molecule has 20 heavy (non-hydrogen) atoms. The summed E-state index contributed by atoms with van der Waals surface area (Å²) in [5.74, 6) is 0.487. The smallest absolute Gasteiger partial charge is 0.339 e. The summed E-state index contributed by atoms with van der Waals surface area (Å²) in [6, 6.07) is 1.58. The number of aromatic nitrogens is 1. The quantitative estimate of drug-likeness (QED) is 0.675. The molecule has 0 unspecified atom stereocenters. The number of hydrogen-bond donors (Lipinski definition) is 1. The van der Waals surface area contributed by atoms with E-state index >= 15 is 0 Å². The molecule has 0 aromatic carbocycles. The zero-order valence-electron chi connectivity index (χ0n) is 11.2. The molecular weight excluding hydrogens is 256 g/mol. The van der Waals surface area contributed by atoms with Gasteiger partial charge in [-0.2, -0.15) is 0 Å². The van der Waals surface area contributed by atoms with E-state index in [1.807, 2.05) is 0 Å². The van der Waals surface area contributed by atoms with Crippen LogP contribution in [-0.4, -0.2) is 24.0 Å². The maximum absolute atomic E-state index is 12.3. The van der Waals surface area contributed by atoms with E-state index in [2.05, 4.69) is 27.2 Å². The average molecular weight is 272 g/mol. The molecule has 3 rings (SSSR count). The molecule has 5 heteroatoms. The van der Waals surface area contributed by atoms with Gasteiger partial charge in [-0.1, -0.05) is 12.2 Å². The van der Waals surface area contributed by atoms with Crippen LogP contribution >= 0.6 is 0 Å². The summed E-state index contributed by atoms with van der Waals surface area (Å²) in [5.41, 5.74) is 0.864. The summed E-state index contributed by atoms with van der Waals surface area (Å²) in [7, 11) is 1.31. The number of amides is 1. The lowest BCUT2D eigenvalue weighted by atomic mass is 9.93. The number of anilines is 1. The summed E-state index contributed by atoms with van der Waals surface area (Å²) in [6.07, 6.45) is 9.29. The number of carbonyl (C=O) groups is 2. The highest BCUT2D eigenvalue weighted by atomic mass is 16.5. The van der Waals surface area contributed by atoms with Crippen LogP contribution in [0.5, 0.6) is 0 Å². The Bertz CT molecular complexity index is 582. The van der Waals surface area contributed by atoms with E-state index in [-0.39, 0.29) is 11.8 Å². The molecule has 1 saturated carbocycles. The molecule has 0 spiro atoms. The highest BCUT2D eigenvalue weighted by Gasteiger charge is 2.39. The van der Waals surface area contributed by atoms with Crippen molar-refractivity contribution in [2.45, 2.75) is 12.8 Å². The molecule has 1 aromatic heterocycles. The van der Waals surface area contributed by atoms with Crippen molar-refractivity contribution >= 4 is 17.6 Å². The largest absolute Gasteiger partial charge is 0.465 e. The lowest BCUT2D eigenvalue weighted by Gasteiger charge is -2.17. The molecule has 0 saturated heterocycles. The monoisotopic (exact) mass is 272 g/mol. The van der Waals surface area contributed by atoms with E-state index in [0.29, 0.717) is 23.1 Å². The topological polar surface area (TPSA) is 68.3 Å². The molecule has 1 heterocycles. The summed E-state index contributed by atoms with van der Waals surface area (Å²) in [4.78, 5) is 27.6. The predicted octanol–water partition coefficient (Wildman–Crippen LogP) is 2.02. The van der Waals surface area contributed by atoms with Gasteiger partial charge in [0.2, 0.25) is 5.91 Å². The Kier molecular flexibility index (Phi) is 3.26. The number of nitrogens with one attached hydrogen (secondary N) is 1. The summed E-state index contributed by atoms with van der Waals surface area (Å²) in [6.45, 7) is 0. The lowest BCUT2D eigenvalue weighted by Crippen LogP contribution is -2.26. The van der Waals surface area contributed by atoms with Crippen LogP contribution in [0, 0.1) is 17.8 Å². The third-order valence-electron chi connectivity index (χ3n) is 4.04. The third kappa shape index (κ3) is 2.31. The predicted molar refractivity (Wildman–Crippen MR) is 73.1 cm³/mol. The van der Waals surface area contributed by atoms with E-state index < -0.39 is 5.97 Å². The van der Waals surface area contributed by atoms with Gasteiger partial charge < -0.3 is 10.1 Å². The maximum Gasteiger partial charge on any atom is 0.339 e. The van der Waals surface area contributed by atoms with Crippen molar-refractivity contribution in [1.82, 2.24) is 4.98 Å². The molecule has 2 aliphatic rings. The molecular formula is C15H16N2O3. The lowest BCUT2D eigenvalue weighted by molar-refractivity contribution is -0.120. The molecule has 0 aliphatic heterocycles. The zero-order valence-corrected chi connectivity index (χ0v) is 11.2. The Hall–Kier alpha value is -2.17. The van der Waals surface area contributed by atoms with Crippen molar-refractivity contribution in [3.05, 3.63) is 36.2 Å². The maximum atomic E-state index is 12.3. The molecule has 104 valence electrons. The van der Waals surface area contributed by atoms with E-state index in [1.54, 1.807) is 6.07 Å². The van der Waals surface area contributed by atoms with Gasteiger partial charge in [0.25, 0.3) is 0 Å². The SMILES string of the molecule is COC(=O)c1cncc(NC(=O)[C@H]2C[C@H]3C=C[C@H]2C3)c1. The first-order valence-corrected chi connectivity index (χ1v) is 6.70. The fourth-order valence-corrected chi connectivity index (χ4v) is 3.05. The Morgan fingerprint density at radius 3 is 2.80 bits per heavy atom. The van der Waals surface area contributed by atoms with Crippen LogP contribution in [0.3, 0.4) is 0 Å². The van der Waals surface area contributed by atoms with Gasteiger partial charge in [0.1, 0.15) is 0 Å². The fourth-order valence-electron chi connectivity index (χ4n) is 3.05. The van der Waals surface area contributed by atoms with Crippen LogP contribution in [0.2, 0.25) is 0 Å². The van der Waals surface area contributed by atoms with Crippen LogP contribution < -0.4 is 5.32 Å². The van der Waals surface area contributed by atoms with Gasteiger partial charge in [-0.3, -0.25) is 9.78 Å². The van der Waals surface area contributed by atoms with Gasteiger partial charge >= 0.3 is 5.97 Å². The Morgan fingerprint density at radius 1 is 1.30 bits per heavy atom. The number of esters is 1. The summed E-state index contributed by atoms with van der Waals surface area (Å²) >= 11 is 0. The second kappa shape index (κ2) is 5.07. The highest BCUT2D eigenvalue weighted by molar-refractivity contribution is 5.95. The summed E-state index contributed by atoms with van der Waals surface area (Å²) < 4.78 is 4.64. The van der Waals surface area contributed by atoms with Gasteiger partial charge in [-0.25, -0.2) is 4.79 Å². The number of fused-ring (bicyclic) bond motifs is 2. The average Bonchev–Trinajstić information content (AvgIpc) is 3.09. The fraction of sp³-hybridized carbons (Fsp3) is 0.400. The molecule has 1 aromatic rings. The Morgan fingerprint density at radius 2 is 2.15 bits per heavy atom. The van der Waals surface area contributed by atoms with E-state index in [1.165, 1.54) is 19.5 Å². The molecule has 2 aliphatic carbocycles. The highest BCUT2D eigenvalue weighted by Crippen LogP contribution is 2.43. The first kappa shape index (κ1) is 12.8. The molecule has 1 amide bonds. The van der Waals surface area contributed by atoms with Crippen LogP contribution in [0.1, 0.15) is 23.2 Å². The molecule has 5 nitrogen and oxygen atoms in total. The number of allylic oxidation sites excluding steroid dienone is 2. The van der Waals surface area contributed by atoms with E-state index in [4.69, 9.17) is 0 Å². The number of ether oxygens (including phenoxy) is 1. The van der Waals surface area contributed by atoms with Crippen molar-refractivity contribution in [1.29, 1.82) is 0 Å². The third-order valence-corrected chi connectivity index (χ3v) is 4.04. The van der Waals surface area contributed by atoms with Crippen molar-refractivity contribution in [2.75, 3.05) is 12.4 Å². The van der Waals surface area contributed by atoms with Crippen LogP contribution in [-0.2, 0) is 9.53 Å². The minimum absolute atomic E-state index is 0.00525. The second-order valence-electron chi connectivity index (χ2n) is 5.33. The van der Waals surface area contributed by atoms with Crippen molar-refractivity contribution in [3.8, 4) is 0 Å². The number of rotatable bonds is 3. The van der Waals surface area contributed by atoms with Crippen molar-refractivity contribution in [2.24, 2.45) is 17.8 Å².